The Hall–Kier alpha value is -0.850. The maximum Gasteiger partial charge on any atom is 0.410 e. The SMILES string of the molecule is CCC1(OCC(O)CO)CCCN(C(=O)OC(C)(C)C)C1. The third-order valence-electron chi connectivity index (χ3n) is 3.63. The molecular formula is C15H29NO5. The molecular weight excluding hydrogens is 274 g/mol. The lowest BCUT2D eigenvalue weighted by molar-refractivity contribution is -0.120. The second-order valence-electron chi connectivity index (χ2n) is 6.69. The molecule has 0 spiro atoms. The first-order valence-electron chi connectivity index (χ1n) is 7.62. The number of aliphatic hydroxyl groups excluding tert-OH is 2. The lowest BCUT2D eigenvalue weighted by atomic mass is 9.90. The predicted octanol–water partition coefficient (Wildman–Crippen LogP) is 1.54. The summed E-state index contributed by atoms with van der Waals surface area (Å²) in [6.45, 7) is 8.40. The van der Waals surface area contributed by atoms with E-state index in [9.17, 15) is 9.90 Å². The summed E-state index contributed by atoms with van der Waals surface area (Å²) in [6, 6.07) is 0. The molecule has 1 aliphatic heterocycles. The van der Waals surface area contributed by atoms with Gasteiger partial charge >= 0.3 is 6.09 Å². The molecule has 1 rings (SSSR count). The highest BCUT2D eigenvalue weighted by molar-refractivity contribution is 5.68. The second kappa shape index (κ2) is 7.42. The van der Waals surface area contributed by atoms with Crippen molar-refractivity contribution in [2.45, 2.75) is 64.3 Å². The molecule has 2 N–H and O–H groups in total. The molecule has 124 valence electrons. The Morgan fingerprint density at radius 1 is 1.43 bits per heavy atom. The van der Waals surface area contributed by atoms with Crippen LogP contribution in [0.1, 0.15) is 47.0 Å². The van der Waals surface area contributed by atoms with E-state index < -0.39 is 17.3 Å². The summed E-state index contributed by atoms with van der Waals surface area (Å²) in [4.78, 5) is 13.8. The van der Waals surface area contributed by atoms with E-state index in [0.717, 1.165) is 19.3 Å². The van der Waals surface area contributed by atoms with Gasteiger partial charge in [-0.1, -0.05) is 6.92 Å². The summed E-state index contributed by atoms with van der Waals surface area (Å²) in [5, 5.41) is 18.3. The molecule has 0 aromatic carbocycles. The van der Waals surface area contributed by atoms with Gasteiger partial charge in [-0.3, -0.25) is 0 Å². The molecule has 1 aliphatic rings. The molecule has 0 aromatic heterocycles. The molecule has 0 bridgehead atoms. The molecule has 6 heteroatoms. The van der Waals surface area contributed by atoms with Gasteiger partial charge in [0, 0.05) is 6.54 Å². The van der Waals surface area contributed by atoms with Gasteiger partial charge in [-0.2, -0.15) is 0 Å². The fraction of sp³-hybridized carbons (Fsp3) is 0.933. The van der Waals surface area contributed by atoms with Crippen molar-refractivity contribution < 1.29 is 24.5 Å². The molecule has 21 heavy (non-hydrogen) atoms. The van der Waals surface area contributed by atoms with E-state index in [4.69, 9.17) is 14.6 Å². The Bertz CT molecular complexity index is 341. The van der Waals surface area contributed by atoms with Crippen LogP contribution in [0.4, 0.5) is 4.79 Å². The van der Waals surface area contributed by atoms with Crippen molar-refractivity contribution in [3.05, 3.63) is 0 Å². The van der Waals surface area contributed by atoms with Gasteiger partial charge in [0.25, 0.3) is 0 Å². The van der Waals surface area contributed by atoms with Crippen molar-refractivity contribution in [3.63, 3.8) is 0 Å². The van der Waals surface area contributed by atoms with E-state index in [2.05, 4.69) is 0 Å². The van der Waals surface area contributed by atoms with E-state index in [1.807, 2.05) is 27.7 Å². The van der Waals surface area contributed by atoms with Crippen LogP contribution < -0.4 is 0 Å². The fourth-order valence-electron chi connectivity index (χ4n) is 2.41. The Labute approximate surface area is 127 Å². The average molecular weight is 303 g/mol. The topological polar surface area (TPSA) is 79.2 Å². The number of carbonyl (C=O) groups excluding carboxylic acids is 1. The van der Waals surface area contributed by atoms with E-state index in [1.165, 1.54) is 0 Å². The molecule has 0 radical (unpaired) electrons. The minimum Gasteiger partial charge on any atom is -0.444 e. The van der Waals surface area contributed by atoms with Crippen LogP contribution in [0.3, 0.4) is 0 Å². The summed E-state index contributed by atoms with van der Waals surface area (Å²) >= 11 is 0. The highest BCUT2D eigenvalue weighted by Gasteiger charge is 2.38. The Kier molecular flexibility index (Phi) is 6.43. The Morgan fingerprint density at radius 3 is 2.62 bits per heavy atom. The van der Waals surface area contributed by atoms with Crippen LogP contribution in [0.2, 0.25) is 0 Å². The van der Waals surface area contributed by atoms with Gasteiger partial charge in [-0.05, 0) is 40.0 Å². The first-order valence-corrected chi connectivity index (χ1v) is 7.62. The lowest BCUT2D eigenvalue weighted by Gasteiger charge is -2.42. The summed E-state index contributed by atoms with van der Waals surface area (Å²) in [6.07, 6.45) is 1.20. The molecule has 2 atom stereocenters. The Balaban J connectivity index is 2.64. The third kappa shape index (κ3) is 5.80. The average Bonchev–Trinajstić information content (AvgIpc) is 2.43. The molecule has 2 unspecified atom stereocenters. The first-order chi connectivity index (χ1) is 9.71. The van der Waals surface area contributed by atoms with Gasteiger partial charge in [0.1, 0.15) is 11.7 Å². The standard InChI is InChI=1S/C15H29NO5/c1-5-15(20-10-12(18)9-17)7-6-8-16(11-15)13(19)21-14(2,3)4/h12,17-18H,5-11H2,1-4H3. The van der Waals surface area contributed by atoms with Crippen molar-refractivity contribution in [2.24, 2.45) is 0 Å². The number of ether oxygens (including phenoxy) is 2. The van der Waals surface area contributed by atoms with Crippen molar-refractivity contribution >= 4 is 6.09 Å². The van der Waals surface area contributed by atoms with Crippen LogP contribution >= 0.6 is 0 Å². The molecule has 1 fully saturated rings. The van der Waals surface area contributed by atoms with Crippen LogP contribution in [0.5, 0.6) is 0 Å². The van der Waals surface area contributed by atoms with Crippen molar-refractivity contribution in [2.75, 3.05) is 26.3 Å². The largest absolute Gasteiger partial charge is 0.444 e. The van der Waals surface area contributed by atoms with Crippen LogP contribution in [-0.2, 0) is 9.47 Å². The predicted molar refractivity (Wildman–Crippen MR) is 79.1 cm³/mol. The van der Waals surface area contributed by atoms with Crippen molar-refractivity contribution in [3.8, 4) is 0 Å². The zero-order valence-electron chi connectivity index (χ0n) is 13.6. The van der Waals surface area contributed by atoms with Crippen molar-refractivity contribution in [1.82, 2.24) is 4.90 Å². The van der Waals surface area contributed by atoms with E-state index in [-0.39, 0.29) is 19.3 Å². The highest BCUT2D eigenvalue weighted by Crippen LogP contribution is 2.29. The van der Waals surface area contributed by atoms with Crippen LogP contribution in [0, 0.1) is 0 Å². The molecule has 0 aliphatic carbocycles. The van der Waals surface area contributed by atoms with Gasteiger partial charge in [0.2, 0.25) is 0 Å². The number of likely N-dealkylation sites (tertiary alicyclic amines) is 1. The maximum absolute atomic E-state index is 12.2. The fourth-order valence-corrected chi connectivity index (χ4v) is 2.41. The molecule has 0 aromatic rings. The zero-order valence-corrected chi connectivity index (χ0v) is 13.6. The number of hydrogen-bond acceptors (Lipinski definition) is 5. The zero-order chi connectivity index (χ0) is 16.1. The number of hydrogen-bond donors (Lipinski definition) is 2. The summed E-state index contributed by atoms with van der Waals surface area (Å²) in [7, 11) is 0. The minimum absolute atomic E-state index is 0.0759. The number of carbonyl (C=O) groups is 1. The molecule has 1 heterocycles. The molecule has 1 amide bonds. The maximum atomic E-state index is 12.2. The number of rotatable bonds is 5. The minimum atomic E-state index is -0.884. The van der Waals surface area contributed by atoms with Crippen LogP contribution in [-0.4, -0.2) is 64.8 Å². The first kappa shape index (κ1) is 18.2. The van der Waals surface area contributed by atoms with E-state index in [0.29, 0.717) is 13.1 Å². The third-order valence-corrected chi connectivity index (χ3v) is 3.63. The number of amides is 1. The smallest absolute Gasteiger partial charge is 0.410 e. The van der Waals surface area contributed by atoms with Crippen LogP contribution in [0.15, 0.2) is 0 Å². The normalized spacial score (nSPS) is 24.8. The van der Waals surface area contributed by atoms with Gasteiger partial charge in [-0.25, -0.2) is 4.79 Å². The van der Waals surface area contributed by atoms with Gasteiger partial charge in [0.15, 0.2) is 0 Å². The summed E-state index contributed by atoms with van der Waals surface area (Å²) < 4.78 is 11.2. The van der Waals surface area contributed by atoms with E-state index in [1.54, 1.807) is 4.90 Å². The van der Waals surface area contributed by atoms with Gasteiger partial charge < -0.3 is 24.6 Å². The molecule has 1 saturated heterocycles. The number of nitrogens with zero attached hydrogens (tertiary/aromatic N) is 1. The van der Waals surface area contributed by atoms with Crippen LogP contribution in [0.25, 0.3) is 0 Å². The molecule has 0 saturated carbocycles. The van der Waals surface area contributed by atoms with Crippen molar-refractivity contribution in [1.29, 1.82) is 0 Å². The summed E-state index contributed by atoms with van der Waals surface area (Å²) in [5.41, 5.74) is -0.983. The molecule has 6 nitrogen and oxygen atoms in total. The number of piperidine rings is 1. The van der Waals surface area contributed by atoms with Gasteiger partial charge in [-0.15, -0.1) is 0 Å². The summed E-state index contributed by atoms with van der Waals surface area (Å²) in [5.74, 6) is 0. The Morgan fingerprint density at radius 2 is 2.10 bits per heavy atom. The monoisotopic (exact) mass is 303 g/mol. The van der Waals surface area contributed by atoms with Gasteiger partial charge in [0.05, 0.1) is 25.4 Å². The lowest BCUT2D eigenvalue weighted by Crippen LogP contribution is -2.53. The second-order valence-corrected chi connectivity index (χ2v) is 6.69. The number of aliphatic hydroxyl groups is 2. The van der Waals surface area contributed by atoms with E-state index >= 15 is 0 Å². The highest BCUT2D eigenvalue weighted by atomic mass is 16.6. The quantitative estimate of drug-likeness (QED) is 0.805.